The first-order valence-corrected chi connectivity index (χ1v) is 6.75. The second-order valence-electron chi connectivity index (χ2n) is 4.23. The third-order valence-electron chi connectivity index (χ3n) is 2.68. The molecule has 0 radical (unpaired) electrons. The minimum Gasteiger partial charge on any atom is -0.466 e. The normalized spacial score (nSPS) is 10.0. The molecule has 19 heavy (non-hydrogen) atoms. The fraction of sp³-hybridized carbons (Fsp3) is 0.429. The van der Waals surface area contributed by atoms with Crippen LogP contribution in [0.2, 0.25) is 0 Å². The molecule has 0 amide bonds. The van der Waals surface area contributed by atoms with Crippen molar-refractivity contribution in [3.8, 4) is 0 Å². The average molecular weight is 280 g/mol. The molecule has 1 aromatic rings. The van der Waals surface area contributed by atoms with Crippen LogP contribution in [-0.4, -0.2) is 24.1 Å². The molecule has 0 fully saturated rings. The smallest absolute Gasteiger partial charge is 0.305 e. The van der Waals surface area contributed by atoms with Gasteiger partial charge in [0.05, 0.1) is 6.61 Å². The Morgan fingerprint density at radius 2 is 2.21 bits per heavy atom. The summed E-state index contributed by atoms with van der Waals surface area (Å²) >= 11 is 4.96. The fourth-order valence-corrected chi connectivity index (χ4v) is 1.98. The molecule has 104 valence electrons. The van der Waals surface area contributed by atoms with Crippen LogP contribution in [-0.2, 0) is 9.53 Å². The third kappa shape index (κ3) is 5.26. The zero-order valence-electron chi connectivity index (χ0n) is 11.4. The minimum atomic E-state index is -0.149. The molecule has 0 aliphatic heterocycles. The van der Waals surface area contributed by atoms with Crippen LogP contribution in [0.25, 0.3) is 0 Å². The first-order chi connectivity index (χ1) is 9.04. The number of carbonyl (C=O) groups excluding carboxylic acids is 1. The standard InChI is InChI=1S/C14H20N2O2S/c1-3-18-13(17)5-4-8-16-11-6-7-12(14(15)19)10(2)9-11/h6-7,9,16H,3-5,8H2,1-2H3,(H2,15,19). The van der Waals surface area contributed by atoms with E-state index < -0.39 is 0 Å². The topological polar surface area (TPSA) is 64.3 Å². The van der Waals surface area contributed by atoms with Gasteiger partial charge < -0.3 is 15.8 Å². The van der Waals surface area contributed by atoms with Crippen molar-refractivity contribution in [3.05, 3.63) is 29.3 Å². The van der Waals surface area contributed by atoms with Gasteiger partial charge >= 0.3 is 5.97 Å². The SMILES string of the molecule is CCOC(=O)CCCNc1ccc(C(N)=S)c(C)c1. The highest BCUT2D eigenvalue weighted by atomic mass is 32.1. The van der Waals surface area contributed by atoms with Gasteiger partial charge in [-0.3, -0.25) is 4.79 Å². The van der Waals surface area contributed by atoms with E-state index in [1.165, 1.54) is 0 Å². The Hall–Kier alpha value is -1.62. The largest absolute Gasteiger partial charge is 0.466 e. The number of esters is 1. The van der Waals surface area contributed by atoms with Crippen LogP contribution < -0.4 is 11.1 Å². The molecule has 0 heterocycles. The van der Waals surface area contributed by atoms with Crippen LogP contribution >= 0.6 is 12.2 Å². The van der Waals surface area contributed by atoms with E-state index in [-0.39, 0.29) is 5.97 Å². The van der Waals surface area contributed by atoms with Crippen molar-refractivity contribution in [1.29, 1.82) is 0 Å². The summed E-state index contributed by atoms with van der Waals surface area (Å²) in [5, 5.41) is 3.26. The van der Waals surface area contributed by atoms with E-state index in [2.05, 4.69) is 5.32 Å². The van der Waals surface area contributed by atoms with Crippen molar-refractivity contribution >= 4 is 28.9 Å². The number of anilines is 1. The number of aryl methyl sites for hydroxylation is 1. The number of hydrogen-bond donors (Lipinski definition) is 2. The van der Waals surface area contributed by atoms with Crippen molar-refractivity contribution in [2.24, 2.45) is 5.73 Å². The highest BCUT2D eigenvalue weighted by Crippen LogP contribution is 2.15. The minimum absolute atomic E-state index is 0.149. The summed E-state index contributed by atoms with van der Waals surface area (Å²) < 4.78 is 4.86. The summed E-state index contributed by atoms with van der Waals surface area (Å²) in [5.74, 6) is -0.149. The van der Waals surface area contributed by atoms with Crippen molar-refractivity contribution in [2.45, 2.75) is 26.7 Å². The van der Waals surface area contributed by atoms with Gasteiger partial charge in [-0.2, -0.15) is 0 Å². The number of hydrogen-bond acceptors (Lipinski definition) is 4. The lowest BCUT2D eigenvalue weighted by atomic mass is 10.1. The Morgan fingerprint density at radius 1 is 1.47 bits per heavy atom. The second-order valence-corrected chi connectivity index (χ2v) is 4.67. The van der Waals surface area contributed by atoms with Gasteiger partial charge in [0.1, 0.15) is 4.99 Å². The highest BCUT2D eigenvalue weighted by molar-refractivity contribution is 7.80. The van der Waals surface area contributed by atoms with Gasteiger partial charge in [0.2, 0.25) is 0 Å². The summed E-state index contributed by atoms with van der Waals surface area (Å²) in [6, 6.07) is 5.84. The van der Waals surface area contributed by atoms with Crippen molar-refractivity contribution in [3.63, 3.8) is 0 Å². The maximum absolute atomic E-state index is 11.1. The Kier molecular flexibility index (Phi) is 6.29. The van der Waals surface area contributed by atoms with E-state index in [9.17, 15) is 4.79 Å². The number of nitrogens with two attached hydrogens (primary N) is 1. The highest BCUT2D eigenvalue weighted by Gasteiger charge is 2.03. The molecule has 1 aromatic carbocycles. The van der Waals surface area contributed by atoms with E-state index in [1.54, 1.807) is 0 Å². The van der Waals surface area contributed by atoms with Crippen LogP contribution in [0, 0.1) is 6.92 Å². The quantitative estimate of drug-likeness (QED) is 0.456. The Labute approximate surface area is 119 Å². The molecule has 5 heteroatoms. The first-order valence-electron chi connectivity index (χ1n) is 6.34. The lowest BCUT2D eigenvalue weighted by Crippen LogP contribution is -2.12. The lowest BCUT2D eigenvalue weighted by Gasteiger charge is -2.09. The van der Waals surface area contributed by atoms with Gasteiger partial charge in [-0.05, 0) is 44.0 Å². The zero-order chi connectivity index (χ0) is 14.3. The molecule has 0 aliphatic rings. The van der Waals surface area contributed by atoms with Crippen molar-refractivity contribution < 1.29 is 9.53 Å². The zero-order valence-corrected chi connectivity index (χ0v) is 12.2. The van der Waals surface area contributed by atoms with Crippen molar-refractivity contribution in [2.75, 3.05) is 18.5 Å². The van der Waals surface area contributed by atoms with Gasteiger partial charge in [0.15, 0.2) is 0 Å². The molecule has 3 N–H and O–H groups in total. The number of rotatable bonds is 7. The second kappa shape index (κ2) is 7.74. The first kappa shape index (κ1) is 15.4. The molecule has 0 atom stereocenters. The van der Waals surface area contributed by atoms with Crippen LogP contribution in [0.15, 0.2) is 18.2 Å². The Morgan fingerprint density at radius 3 is 2.79 bits per heavy atom. The van der Waals surface area contributed by atoms with Gasteiger partial charge in [0, 0.05) is 24.2 Å². The molecule has 1 rings (SSSR count). The molecule has 4 nitrogen and oxygen atoms in total. The maximum Gasteiger partial charge on any atom is 0.305 e. The third-order valence-corrected chi connectivity index (χ3v) is 2.90. The predicted molar refractivity (Wildman–Crippen MR) is 81.4 cm³/mol. The molecular weight excluding hydrogens is 260 g/mol. The van der Waals surface area contributed by atoms with Crippen LogP contribution in [0.4, 0.5) is 5.69 Å². The predicted octanol–water partition coefficient (Wildman–Crippen LogP) is 2.38. The van der Waals surface area contributed by atoms with Crippen molar-refractivity contribution in [1.82, 2.24) is 0 Å². The molecule has 0 spiro atoms. The Balaban J connectivity index is 2.40. The van der Waals surface area contributed by atoms with Gasteiger partial charge in [-0.1, -0.05) is 12.2 Å². The monoisotopic (exact) mass is 280 g/mol. The van der Waals surface area contributed by atoms with Crippen LogP contribution in [0.5, 0.6) is 0 Å². The van der Waals surface area contributed by atoms with Gasteiger partial charge in [-0.15, -0.1) is 0 Å². The summed E-state index contributed by atoms with van der Waals surface area (Å²) in [4.78, 5) is 11.6. The van der Waals surface area contributed by atoms with E-state index >= 15 is 0 Å². The summed E-state index contributed by atoms with van der Waals surface area (Å²) in [6.45, 7) is 4.94. The van der Waals surface area contributed by atoms with Gasteiger partial charge in [0.25, 0.3) is 0 Å². The average Bonchev–Trinajstić information content (AvgIpc) is 2.34. The molecule has 0 saturated heterocycles. The molecule has 0 saturated carbocycles. The fourth-order valence-electron chi connectivity index (χ4n) is 1.75. The maximum atomic E-state index is 11.1. The Bertz CT molecular complexity index is 461. The molecule has 0 aliphatic carbocycles. The molecule has 0 bridgehead atoms. The number of nitrogens with one attached hydrogen (secondary N) is 1. The molecular formula is C14H20N2O2S. The van der Waals surface area contributed by atoms with Crippen LogP contribution in [0.1, 0.15) is 30.9 Å². The van der Waals surface area contributed by atoms with E-state index in [4.69, 9.17) is 22.7 Å². The summed E-state index contributed by atoms with van der Waals surface area (Å²) in [5.41, 5.74) is 8.55. The molecule has 0 aromatic heterocycles. The van der Waals surface area contributed by atoms with Gasteiger partial charge in [-0.25, -0.2) is 0 Å². The molecule has 0 unspecified atom stereocenters. The number of ether oxygens (including phenoxy) is 1. The summed E-state index contributed by atoms with van der Waals surface area (Å²) in [7, 11) is 0. The van der Waals surface area contributed by atoms with E-state index in [0.717, 1.165) is 29.8 Å². The van der Waals surface area contributed by atoms with Crippen LogP contribution in [0.3, 0.4) is 0 Å². The van der Waals surface area contributed by atoms with E-state index in [0.29, 0.717) is 18.0 Å². The number of carbonyl (C=O) groups is 1. The number of thiocarbonyl (C=S) groups is 1. The van der Waals surface area contributed by atoms with E-state index in [1.807, 2.05) is 32.0 Å². The summed E-state index contributed by atoms with van der Waals surface area (Å²) in [6.07, 6.45) is 1.18. The number of benzene rings is 1. The lowest BCUT2D eigenvalue weighted by molar-refractivity contribution is -0.143.